The Balaban J connectivity index is 1.99. The lowest BCUT2D eigenvalue weighted by atomic mass is 10.2. The third kappa shape index (κ3) is 3.80. The summed E-state index contributed by atoms with van der Waals surface area (Å²) in [6, 6.07) is 2.30. The van der Waals surface area contributed by atoms with Crippen LogP contribution in [-0.4, -0.2) is 66.1 Å². The summed E-state index contributed by atoms with van der Waals surface area (Å²) in [6.07, 6.45) is 0. The van der Waals surface area contributed by atoms with Crippen LogP contribution in [-0.2, 0) is 0 Å². The third-order valence-electron chi connectivity index (χ3n) is 3.78. The van der Waals surface area contributed by atoms with Crippen LogP contribution in [0, 0.1) is 0 Å². The molecule has 1 unspecified atom stereocenters. The van der Waals surface area contributed by atoms with Crippen molar-refractivity contribution in [2.24, 2.45) is 0 Å². The van der Waals surface area contributed by atoms with Crippen molar-refractivity contribution in [2.45, 2.75) is 25.8 Å². The quantitative estimate of drug-likeness (QED) is 0.850. The first-order valence-corrected chi connectivity index (χ1v) is 7.23. The highest BCUT2D eigenvalue weighted by Crippen LogP contribution is 2.15. The molecule has 1 aromatic rings. The smallest absolute Gasteiger partial charge is 0.135 e. The fourth-order valence-corrected chi connectivity index (χ4v) is 2.38. The van der Waals surface area contributed by atoms with Gasteiger partial charge >= 0.3 is 0 Å². The molecular formula is C14H26N6. The molecule has 1 fully saturated rings. The van der Waals surface area contributed by atoms with Crippen LogP contribution in [0.3, 0.4) is 0 Å². The van der Waals surface area contributed by atoms with Gasteiger partial charge in [0.25, 0.3) is 0 Å². The average molecular weight is 278 g/mol. The van der Waals surface area contributed by atoms with Gasteiger partial charge in [-0.2, -0.15) is 0 Å². The zero-order valence-corrected chi connectivity index (χ0v) is 12.9. The van der Waals surface area contributed by atoms with Gasteiger partial charge in [0.05, 0.1) is 0 Å². The van der Waals surface area contributed by atoms with Crippen molar-refractivity contribution in [2.75, 3.05) is 51.3 Å². The number of hydrogen-bond donors (Lipinski definition) is 2. The molecule has 0 amide bonds. The first-order valence-electron chi connectivity index (χ1n) is 7.23. The lowest BCUT2D eigenvalue weighted by molar-refractivity contribution is 0.122. The first kappa shape index (κ1) is 15.0. The maximum atomic E-state index is 5.85. The van der Waals surface area contributed by atoms with Gasteiger partial charge in [-0.15, -0.1) is 0 Å². The number of nitrogen functional groups attached to an aromatic ring is 1. The molecule has 6 heteroatoms. The van der Waals surface area contributed by atoms with Crippen molar-refractivity contribution in [3.8, 4) is 0 Å². The Hall–Kier alpha value is -1.40. The average Bonchev–Trinajstić information content (AvgIpc) is 2.39. The van der Waals surface area contributed by atoms with Crippen LogP contribution >= 0.6 is 0 Å². The van der Waals surface area contributed by atoms with Crippen LogP contribution in [0.5, 0.6) is 0 Å². The maximum absolute atomic E-state index is 5.85. The number of anilines is 2. The first-order chi connectivity index (χ1) is 9.45. The van der Waals surface area contributed by atoms with E-state index in [1.165, 1.54) is 0 Å². The van der Waals surface area contributed by atoms with Gasteiger partial charge in [0.1, 0.15) is 17.5 Å². The molecule has 0 bridgehead atoms. The van der Waals surface area contributed by atoms with Crippen LogP contribution in [0.1, 0.15) is 25.6 Å². The number of nitrogens with zero attached hydrogens (tertiary/aromatic N) is 4. The van der Waals surface area contributed by atoms with Gasteiger partial charge < -0.3 is 16.0 Å². The number of hydrogen-bond acceptors (Lipinski definition) is 6. The summed E-state index contributed by atoms with van der Waals surface area (Å²) in [5.41, 5.74) is 5.85. The second kappa shape index (κ2) is 6.37. The molecule has 2 rings (SSSR count). The fraction of sp³-hybridized carbons (Fsp3) is 0.714. The molecule has 1 aromatic heterocycles. The Labute approximate surface area is 121 Å². The molecule has 1 aliphatic heterocycles. The standard InChI is InChI=1S/C14H26N6/c1-10(2)14-17-12(15)7-13(18-14)16-8-11-9-19(3)5-6-20(11)4/h7,10-11H,5-6,8-9H2,1-4H3,(H3,15,16,17,18). The molecule has 1 atom stereocenters. The van der Waals surface area contributed by atoms with Crippen molar-refractivity contribution >= 4 is 11.6 Å². The van der Waals surface area contributed by atoms with E-state index in [1.54, 1.807) is 6.07 Å². The minimum absolute atomic E-state index is 0.280. The summed E-state index contributed by atoms with van der Waals surface area (Å²) in [5.74, 6) is 2.42. The molecule has 112 valence electrons. The van der Waals surface area contributed by atoms with Crippen molar-refractivity contribution in [3.05, 3.63) is 11.9 Å². The van der Waals surface area contributed by atoms with Gasteiger partial charge in [-0.1, -0.05) is 13.8 Å². The van der Waals surface area contributed by atoms with Crippen molar-refractivity contribution < 1.29 is 0 Å². The predicted octanol–water partition coefficient (Wildman–Crippen LogP) is 0.840. The number of likely N-dealkylation sites (N-methyl/N-ethyl adjacent to an activating group) is 2. The van der Waals surface area contributed by atoms with Gasteiger partial charge in [-0.25, -0.2) is 9.97 Å². The summed E-state index contributed by atoms with van der Waals surface area (Å²) in [7, 11) is 4.34. The van der Waals surface area contributed by atoms with Crippen LogP contribution in [0.25, 0.3) is 0 Å². The molecule has 20 heavy (non-hydrogen) atoms. The Morgan fingerprint density at radius 1 is 1.35 bits per heavy atom. The van der Waals surface area contributed by atoms with Crippen LogP contribution < -0.4 is 11.1 Å². The van der Waals surface area contributed by atoms with E-state index in [9.17, 15) is 0 Å². The molecule has 0 radical (unpaired) electrons. The molecule has 3 N–H and O–H groups in total. The van der Waals surface area contributed by atoms with Gasteiger partial charge in [0.2, 0.25) is 0 Å². The number of nitrogens with one attached hydrogen (secondary N) is 1. The zero-order chi connectivity index (χ0) is 14.7. The van der Waals surface area contributed by atoms with Crippen molar-refractivity contribution in [1.29, 1.82) is 0 Å². The van der Waals surface area contributed by atoms with E-state index >= 15 is 0 Å². The second-order valence-electron chi connectivity index (χ2n) is 5.97. The summed E-state index contributed by atoms with van der Waals surface area (Å²) in [5, 5.41) is 3.40. The van der Waals surface area contributed by atoms with Crippen LogP contribution in [0.2, 0.25) is 0 Å². The van der Waals surface area contributed by atoms with E-state index in [4.69, 9.17) is 5.73 Å². The predicted molar refractivity (Wildman–Crippen MR) is 82.9 cm³/mol. The molecule has 0 spiro atoms. The van der Waals surface area contributed by atoms with E-state index in [1.807, 2.05) is 0 Å². The molecular weight excluding hydrogens is 252 g/mol. The van der Waals surface area contributed by atoms with Crippen LogP contribution in [0.15, 0.2) is 6.07 Å². The van der Waals surface area contributed by atoms with Crippen LogP contribution in [0.4, 0.5) is 11.6 Å². The molecule has 1 aliphatic rings. The Morgan fingerprint density at radius 3 is 2.80 bits per heavy atom. The van der Waals surface area contributed by atoms with E-state index in [2.05, 4.69) is 53.0 Å². The lowest BCUT2D eigenvalue weighted by Crippen LogP contribution is -2.52. The molecule has 1 saturated heterocycles. The van der Waals surface area contributed by atoms with Gasteiger partial charge in [0, 0.05) is 44.2 Å². The fourth-order valence-electron chi connectivity index (χ4n) is 2.38. The molecule has 2 heterocycles. The summed E-state index contributed by atoms with van der Waals surface area (Å²) in [4.78, 5) is 13.5. The topological polar surface area (TPSA) is 70.3 Å². The minimum Gasteiger partial charge on any atom is -0.384 e. The molecule has 6 nitrogen and oxygen atoms in total. The summed E-state index contributed by atoms with van der Waals surface area (Å²) < 4.78 is 0. The zero-order valence-electron chi connectivity index (χ0n) is 12.9. The summed E-state index contributed by atoms with van der Waals surface area (Å²) >= 11 is 0. The highest BCUT2D eigenvalue weighted by molar-refractivity contribution is 5.45. The largest absolute Gasteiger partial charge is 0.384 e. The Morgan fingerprint density at radius 2 is 2.10 bits per heavy atom. The van der Waals surface area contributed by atoms with Crippen molar-refractivity contribution in [3.63, 3.8) is 0 Å². The normalized spacial score (nSPS) is 21.4. The Kier molecular flexibility index (Phi) is 4.77. The maximum Gasteiger partial charge on any atom is 0.135 e. The third-order valence-corrected chi connectivity index (χ3v) is 3.78. The van der Waals surface area contributed by atoms with E-state index in [-0.39, 0.29) is 5.92 Å². The molecule has 0 aliphatic carbocycles. The highest BCUT2D eigenvalue weighted by atomic mass is 15.3. The van der Waals surface area contributed by atoms with E-state index < -0.39 is 0 Å². The van der Waals surface area contributed by atoms with Gasteiger partial charge in [0.15, 0.2) is 0 Å². The highest BCUT2D eigenvalue weighted by Gasteiger charge is 2.21. The molecule has 0 aromatic carbocycles. The number of piperazine rings is 1. The molecule has 0 saturated carbocycles. The number of rotatable bonds is 4. The summed E-state index contributed by atoms with van der Waals surface area (Å²) in [6.45, 7) is 8.32. The van der Waals surface area contributed by atoms with E-state index in [0.717, 1.165) is 37.8 Å². The van der Waals surface area contributed by atoms with Gasteiger partial charge in [-0.3, -0.25) is 4.90 Å². The Bertz CT molecular complexity index is 447. The second-order valence-corrected chi connectivity index (χ2v) is 5.97. The van der Waals surface area contributed by atoms with E-state index in [0.29, 0.717) is 11.9 Å². The minimum atomic E-state index is 0.280. The lowest BCUT2D eigenvalue weighted by Gasteiger charge is -2.37. The SMILES string of the molecule is CC(C)c1nc(N)cc(NCC2CN(C)CCN2C)n1. The monoisotopic (exact) mass is 278 g/mol. The van der Waals surface area contributed by atoms with Crippen molar-refractivity contribution in [1.82, 2.24) is 19.8 Å². The van der Waals surface area contributed by atoms with Gasteiger partial charge in [-0.05, 0) is 14.1 Å². The number of nitrogens with two attached hydrogens (primary N) is 1. The number of aromatic nitrogens is 2.